The minimum Gasteiger partial charge on any atom is -0.311 e. The van der Waals surface area contributed by atoms with Gasteiger partial charge < -0.3 is 5.32 Å². The van der Waals surface area contributed by atoms with Crippen molar-refractivity contribution in [3.05, 3.63) is 34.1 Å². The van der Waals surface area contributed by atoms with Crippen molar-refractivity contribution in [3.8, 4) is 0 Å². The van der Waals surface area contributed by atoms with Crippen molar-refractivity contribution < 1.29 is 4.39 Å². The van der Waals surface area contributed by atoms with Crippen molar-refractivity contribution in [2.24, 2.45) is 0 Å². The van der Waals surface area contributed by atoms with Crippen molar-refractivity contribution in [2.75, 3.05) is 6.54 Å². The van der Waals surface area contributed by atoms with Crippen LogP contribution in [0.3, 0.4) is 0 Å². The number of piperidine rings is 1. The standard InChI is InChI=1S/C16H22BrFN2/c1-2-20(10-11-3-6-15(17)16(18)7-11)14-8-12-4-5-13(9-14)19-12/h3,6-7,12-14,19H,2,4-5,8-10H2,1H3. The topological polar surface area (TPSA) is 15.3 Å². The Morgan fingerprint density at radius 3 is 2.60 bits per heavy atom. The van der Waals surface area contributed by atoms with Crippen LogP contribution in [0.1, 0.15) is 38.2 Å². The van der Waals surface area contributed by atoms with E-state index in [2.05, 4.69) is 33.1 Å². The molecular weight excluding hydrogens is 319 g/mol. The number of hydrogen-bond donors (Lipinski definition) is 1. The maximum atomic E-state index is 13.6. The predicted molar refractivity (Wildman–Crippen MR) is 83.2 cm³/mol. The molecule has 1 N–H and O–H groups in total. The lowest BCUT2D eigenvalue weighted by Gasteiger charge is -2.37. The van der Waals surface area contributed by atoms with Gasteiger partial charge in [0.25, 0.3) is 0 Å². The molecule has 2 aliphatic heterocycles. The van der Waals surface area contributed by atoms with E-state index in [-0.39, 0.29) is 5.82 Å². The fraction of sp³-hybridized carbons (Fsp3) is 0.625. The van der Waals surface area contributed by atoms with Crippen LogP contribution in [-0.2, 0) is 6.54 Å². The van der Waals surface area contributed by atoms with Gasteiger partial charge in [-0.25, -0.2) is 4.39 Å². The lowest BCUT2D eigenvalue weighted by atomic mass is 9.97. The number of fused-ring (bicyclic) bond motifs is 2. The van der Waals surface area contributed by atoms with Gasteiger partial charge in [0.1, 0.15) is 5.82 Å². The Kier molecular flexibility index (Phi) is 4.43. The molecule has 3 rings (SSSR count). The Bertz CT molecular complexity index is 468. The van der Waals surface area contributed by atoms with Crippen LogP contribution in [0.4, 0.5) is 4.39 Å². The Balaban J connectivity index is 1.68. The van der Waals surface area contributed by atoms with Gasteiger partial charge in [-0.15, -0.1) is 0 Å². The first kappa shape index (κ1) is 14.5. The highest BCUT2D eigenvalue weighted by Gasteiger charge is 2.35. The van der Waals surface area contributed by atoms with E-state index in [0.717, 1.165) is 18.7 Å². The SMILES string of the molecule is CCN(Cc1ccc(Br)c(F)c1)C1CC2CCC(C1)N2. The fourth-order valence-electron chi connectivity index (χ4n) is 3.70. The molecule has 0 radical (unpaired) electrons. The molecule has 2 aliphatic rings. The summed E-state index contributed by atoms with van der Waals surface area (Å²) in [5.74, 6) is -0.163. The highest BCUT2D eigenvalue weighted by atomic mass is 79.9. The summed E-state index contributed by atoms with van der Waals surface area (Å²) in [5, 5.41) is 3.69. The van der Waals surface area contributed by atoms with Crippen LogP contribution in [-0.4, -0.2) is 29.6 Å². The maximum Gasteiger partial charge on any atom is 0.137 e. The van der Waals surface area contributed by atoms with E-state index >= 15 is 0 Å². The summed E-state index contributed by atoms with van der Waals surface area (Å²) in [4.78, 5) is 2.51. The summed E-state index contributed by atoms with van der Waals surface area (Å²) in [7, 11) is 0. The molecule has 1 aromatic carbocycles. The minimum atomic E-state index is -0.163. The second-order valence-electron chi connectivity index (χ2n) is 6.07. The number of benzene rings is 1. The molecule has 0 saturated carbocycles. The molecule has 0 amide bonds. The molecule has 20 heavy (non-hydrogen) atoms. The zero-order valence-corrected chi connectivity index (χ0v) is 13.5. The van der Waals surface area contributed by atoms with Crippen LogP contribution in [0.5, 0.6) is 0 Å². The zero-order chi connectivity index (χ0) is 14.1. The number of rotatable bonds is 4. The van der Waals surface area contributed by atoms with Gasteiger partial charge in [0, 0.05) is 24.7 Å². The number of nitrogens with one attached hydrogen (secondary N) is 1. The fourth-order valence-corrected chi connectivity index (χ4v) is 3.94. The minimum absolute atomic E-state index is 0.163. The van der Waals surface area contributed by atoms with Gasteiger partial charge in [-0.2, -0.15) is 0 Å². The molecule has 2 saturated heterocycles. The van der Waals surface area contributed by atoms with Gasteiger partial charge in [-0.3, -0.25) is 4.90 Å². The summed E-state index contributed by atoms with van der Waals surface area (Å²) in [6.07, 6.45) is 5.13. The van der Waals surface area contributed by atoms with Crippen molar-refractivity contribution >= 4 is 15.9 Å². The Morgan fingerprint density at radius 2 is 2.00 bits per heavy atom. The highest BCUT2D eigenvalue weighted by molar-refractivity contribution is 9.10. The third kappa shape index (κ3) is 3.07. The van der Waals surface area contributed by atoms with Crippen LogP contribution in [0, 0.1) is 5.82 Å². The maximum absolute atomic E-state index is 13.6. The van der Waals surface area contributed by atoms with Crippen LogP contribution in [0.2, 0.25) is 0 Å². The van der Waals surface area contributed by atoms with Gasteiger partial charge in [0.15, 0.2) is 0 Å². The monoisotopic (exact) mass is 340 g/mol. The highest BCUT2D eigenvalue weighted by Crippen LogP contribution is 2.30. The van der Waals surface area contributed by atoms with E-state index in [1.165, 1.54) is 25.7 Å². The lowest BCUT2D eigenvalue weighted by Crippen LogP contribution is -2.47. The molecule has 2 atom stereocenters. The van der Waals surface area contributed by atoms with Crippen LogP contribution >= 0.6 is 15.9 Å². The lowest BCUT2D eigenvalue weighted by molar-refractivity contribution is 0.140. The van der Waals surface area contributed by atoms with Gasteiger partial charge in [-0.1, -0.05) is 13.0 Å². The van der Waals surface area contributed by atoms with Gasteiger partial charge in [0.05, 0.1) is 4.47 Å². The van der Waals surface area contributed by atoms with Crippen molar-refractivity contribution in [1.82, 2.24) is 10.2 Å². The van der Waals surface area contributed by atoms with Crippen molar-refractivity contribution in [1.29, 1.82) is 0 Å². The number of halogens is 2. The Hall–Kier alpha value is -0.450. The first-order valence-electron chi connectivity index (χ1n) is 7.59. The molecular formula is C16H22BrFN2. The molecule has 2 fully saturated rings. The van der Waals surface area contributed by atoms with E-state index in [4.69, 9.17) is 0 Å². The average Bonchev–Trinajstić information content (AvgIpc) is 2.78. The summed E-state index contributed by atoms with van der Waals surface area (Å²) < 4.78 is 14.2. The van der Waals surface area contributed by atoms with E-state index in [0.29, 0.717) is 22.6 Å². The molecule has 2 nitrogen and oxygen atoms in total. The molecule has 4 heteroatoms. The van der Waals surface area contributed by atoms with Gasteiger partial charge in [0.2, 0.25) is 0 Å². The summed E-state index contributed by atoms with van der Waals surface area (Å²) in [5.41, 5.74) is 1.07. The second kappa shape index (κ2) is 6.12. The summed E-state index contributed by atoms with van der Waals surface area (Å²) in [6, 6.07) is 7.54. The van der Waals surface area contributed by atoms with E-state index in [1.54, 1.807) is 6.07 Å². The van der Waals surface area contributed by atoms with Crippen LogP contribution < -0.4 is 5.32 Å². The largest absolute Gasteiger partial charge is 0.311 e. The molecule has 2 unspecified atom stereocenters. The molecule has 2 bridgehead atoms. The summed E-state index contributed by atoms with van der Waals surface area (Å²) >= 11 is 3.22. The Labute approximate surface area is 128 Å². The smallest absolute Gasteiger partial charge is 0.137 e. The number of hydrogen-bond acceptors (Lipinski definition) is 2. The van der Waals surface area contributed by atoms with Crippen molar-refractivity contribution in [2.45, 2.75) is 57.3 Å². The Morgan fingerprint density at radius 1 is 1.30 bits per heavy atom. The van der Waals surface area contributed by atoms with E-state index in [1.807, 2.05) is 12.1 Å². The average molecular weight is 341 g/mol. The van der Waals surface area contributed by atoms with E-state index in [9.17, 15) is 4.39 Å². The molecule has 2 heterocycles. The predicted octanol–water partition coefficient (Wildman–Crippen LogP) is 3.69. The second-order valence-corrected chi connectivity index (χ2v) is 6.93. The van der Waals surface area contributed by atoms with Crippen LogP contribution in [0.25, 0.3) is 0 Å². The quantitative estimate of drug-likeness (QED) is 0.899. The molecule has 0 aromatic heterocycles. The van der Waals surface area contributed by atoms with E-state index < -0.39 is 0 Å². The molecule has 110 valence electrons. The summed E-state index contributed by atoms with van der Waals surface area (Å²) in [6.45, 7) is 4.09. The van der Waals surface area contributed by atoms with Crippen molar-refractivity contribution in [3.63, 3.8) is 0 Å². The molecule has 0 aliphatic carbocycles. The van der Waals surface area contributed by atoms with Gasteiger partial charge >= 0.3 is 0 Å². The third-order valence-electron chi connectivity index (χ3n) is 4.74. The van der Waals surface area contributed by atoms with Crippen LogP contribution in [0.15, 0.2) is 22.7 Å². The van der Waals surface area contributed by atoms with Gasteiger partial charge in [-0.05, 0) is 65.9 Å². The third-order valence-corrected chi connectivity index (χ3v) is 5.38. The first-order chi connectivity index (χ1) is 9.65. The zero-order valence-electron chi connectivity index (χ0n) is 11.9. The molecule has 0 spiro atoms. The molecule has 1 aromatic rings. The first-order valence-corrected chi connectivity index (χ1v) is 8.39. The normalized spacial score (nSPS) is 29.1. The number of nitrogens with zero attached hydrogens (tertiary/aromatic N) is 1.